The Balaban J connectivity index is 1.61. The number of carbonyl (C=O) groups excluding carboxylic acids is 1. The summed E-state index contributed by atoms with van der Waals surface area (Å²) in [6.07, 6.45) is -0.00385. The Bertz CT molecular complexity index is 588. The zero-order valence-corrected chi connectivity index (χ0v) is 10.5. The van der Waals surface area contributed by atoms with Crippen LogP contribution in [0.25, 0.3) is 0 Å². The molecule has 2 fully saturated rings. The maximum Gasteiger partial charge on any atom is 0.288 e. The third-order valence-corrected chi connectivity index (χ3v) is 3.48. The molecule has 20 heavy (non-hydrogen) atoms. The van der Waals surface area contributed by atoms with Crippen LogP contribution in [0.1, 0.15) is 29.6 Å². The number of alkyl halides is 2. The molecule has 1 unspecified atom stereocenters. The molecule has 0 heterocycles. The van der Waals surface area contributed by atoms with Gasteiger partial charge in [-0.3, -0.25) is 4.79 Å². The van der Waals surface area contributed by atoms with Gasteiger partial charge in [0.15, 0.2) is 6.10 Å². The number of amides is 1. The van der Waals surface area contributed by atoms with Gasteiger partial charge in [-0.15, -0.1) is 0 Å². The number of halogens is 2. The second kappa shape index (κ2) is 4.17. The van der Waals surface area contributed by atoms with Crippen molar-refractivity contribution in [2.45, 2.75) is 36.8 Å². The first-order valence-electron chi connectivity index (χ1n) is 6.32. The van der Waals surface area contributed by atoms with Crippen LogP contribution in [0.3, 0.4) is 0 Å². The lowest BCUT2D eigenvalue weighted by Crippen LogP contribution is -2.35. The van der Waals surface area contributed by atoms with E-state index in [4.69, 9.17) is 10.00 Å². The number of ether oxygens (including phenoxy) is 1. The topological polar surface area (TPSA) is 62.1 Å². The van der Waals surface area contributed by atoms with Crippen molar-refractivity contribution in [1.82, 2.24) is 5.32 Å². The number of nitrogens with zero attached hydrogens (tertiary/aromatic N) is 1. The van der Waals surface area contributed by atoms with Crippen LogP contribution in [-0.4, -0.2) is 23.5 Å². The summed E-state index contributed by atoms with van der Waals surface area (Å²) in [5.41, 5.74) is -0.344. The van der Waals surface area contributed by atoms with E-state index in [1.807, 2.05) is 0 Å². The molecule has 2 aliphatic rings. The Labute approximate surface area is 114 Å². The highest BCUT2D eigenvalue weighted by molar-refractivity contribution is 5.95. The molecule has 104 valence electrons. The summed E-state index contributed by atoms with van der Waals surface area (Å²) in [7, 11) is 0. The first kappa shape index (κ1) is 12.9. The Morgan fingerprint density at radius 3 is 2.40 bits per heavy atom. The van der Waals surface area contributed by atoms with Crippen LogP contribution in [0.4, 0.5) is 8.78 Å². The number of nitriles is 1. The summed E-state index contributed by atoms with van der Waals surface area (Å²) >= 11 is 0. The molecule has 4 nitrogen and oxygen atoms in total. The van der Waals surface area contributed by atoms with Gasteiger partial charge in [-0.25, -0.2) is 8.78 Å². The largest absolute Gasteiger partial charge is 0.484 e. The summed E-state index contributed by atoms with van der Waals surface area (Å²) < 4.78 is 30.5. The molecule has 0 saturated heterocycles. The predicted octanol–water partition coefficient (Wildman–Crippen LogP) is 2.26. The number of benzene rings is 1. The second-order valence-electron chi connectivity index (χ2n) is 5.24. The molecule has 0 aliphatic heterocycles. The van der Waals surface area contributed by atoms with Gasteiger partial charge in [-0.05, 0) is 37.1 Å². The van der Waals surface area contributed by atoms with Crippen molar-refractivity contribution >= 4 is 5.91 Å². The van der Waals surface area contributed by atoms with Crippen LogP contribution < -0.4 is 10.1 Å². The average molecular weight is 278 g/mol. The van der Waals surface area contributed by atoms with E-state index in [-0.39, 0.29) is 12.3 Å². The van der Waals surface area contributed by atoms with Gasteiger partial charge in [0.2, 0.25) is 0 Å². The van der Waals surface area contributed by atoms with Crippen LogP contribution >= 0.6 is 0 Å². The van der Waals surface area contributed by atoms with Crippen molar-refractivity contribution in [3.8, 4) is 11.8 Å². The number of hydrogen-bond donors (Lipinski definition) is 1. The van der Waals surface area contributed by atoms with Crippen molar-refractivity contribution in [1.29, 1.82) is 5.26 Å². The molecule has 2 aliphatic carbocycles. The van der Waals surface area contributed by atoms with E-state index in [0.717, 1.165) is 0 Å². The number of nitrogens with one attached hydrogen (secondary N) is 1. The van der Waals surface area contributed by atoms with E-state index < -0.39 is 17.6 Å². The molecule has 1 aromatic carbocycles. The van der Waals surface area contributed by atoms with Crippen molar-refractivity contribution in [3.05, 3.63) is 29.8 Å². The predicted molar refractivity (Wildman–Crippen MR) is 65.5 cm³/mol. The third-order valence-electron chi connectivity index (χ3n) is 3.48. The van der Waals surface area contributed by atoms with Gasteiger partial charge in [-0.2, -0.15) is 5.26 Å². The van der Waals surface area contributed by atoms with Crippen molar-refractivity contribution < 1.29 is 18.3 Å². The lowest BCUT2D eigenvalue weighted by atomic mass is 10.2. The minimum atomic E-state index is -2.73. The summed E-state index contributed by atoms with van der Waals surface area (Å²) in [6.45, 7) is 0. The van der Waals surface area contributed by atoms with E-state index in [0.29, 0.717) is 24.2 Å². The van der Waals surface area contributed by atoms with Crippen molar-refractivity contribution in [3.63, 3.8) is 0 Å². The highest BCUT2D eigenvalue weighted by Crippen LogP contribution is 2.44. The van der Waals surface area contributed by atoms with Gasteiger partial charge in [0.05, 0.1) is 12.5 Å². The molecule has 1 atom stereocenters. The fourth-order valence-corrected chi connectivity index (χ4v) is 1.84. The van der Waals surface area contributed by atoms with Gasteiger partial charge in [-0.1, -0.05) is 0 Å². The first-order valence-corrected chi connectivity index (χ1v) is 6.32. The second-order valence-corrected chi connectivity index (χ2v) is 5.24. The number of carbonyl (C=O) groups is 1. The molecule has 2 saturated carbocycles. The lowest BCUT2D eigenvalue weighted by molar-refractivity contribution is 0.0665. The van der Waals surface area contributed by atoms with Gasteiger partial charge in [0.1, 0.15) is 11.3 Å². The lowest BCUT2D eigenvalue weighted by Gasteiger charge is -2.10. The van der Waals surface area contributed by atoms with E-state index in [9.17, 15) is 13.6 Å². The van der Waals surface area contributed by atoms with Crippen LogP contribution in [0.5, 0.6) is 5.75 Å². The molecular formula is C14H12F2N2O2. The smallest absolute Gasteiger partial charge is 0.288 e. The van der Waals surface area contributed by atoms with E-state index in [1.54, 1.807) is 0 Å². The Kier molecular flexibility index (Phi) is 2.68. The molecule has 1 aromatic rings. The quantitative estimate of drug-likeness (QED) is 0.919. The molecular weight excluding hydrogens is 266 g/mol. The molecule has 0 radical (unpaired) electrons. The molecule has 0 spiro atoms. The maximum absolute atomic E-state index is 12.7. The minimum Gasteiger partial charge on any atom is -0.484 e. The van der Waals surface area contributed by atoms with E-state index in [2.05, 4.69) is 11.4 Å². The van der Waals surface area contributed by atoms with Crippen molar-refractivity contribution in [2.24, 2.45) is 0 Å². The highest BCUT2D eigenvalue weighted by Gasteiger charge is 2.59. The molecule has 0 bridgehead atoms. The molecule has 3 rings (SSSR count). The fourth-order valence-electron chi connectivity index (χ4n) is 1.84. The summed E-state index contributed by atoms with van der Waals surface area (Å²) in [4.78, 5) is 11.9. The molecule has 0 aromatic heterocycles. The number of rotatable bonds is 4. The monoisotopic (exact) mass is 278 g/mol. The van der Waals surface area contributed by atoms with Crippen LogP contribution in [-0.2, 0) is 0 Å². The maximum atomic E-state index is 12.7. The number of hydrogen-bond acceptors (Lipinski definition) is 3. The minimum absolute atomic E-state index is 0.264. The summed E-state index contributed by atoms with van der Waals surface area (Å²) in [6, 6.07) is 8.03. The van der Waals surface area contributed by atoms with Gasteiger partial charge < -0.3 is 10.1 Å². The zero-order chi connectivity index (χ0) is 14.4. The van der Waals surface area contributed by atoms with Crippen LogP contribution in [0.15, 0.2) is 24.3 Å². The van der Waals surface area contributed by atoms with E-state index in [1.165, 1.54) is 24.3 Å². The van der Waals surface area contributed by atoms with Gasteiger partial charge in [0.25, 0.3) is 11.8 Å². The fraction of sp³-hybridized carbons (Fsp3) is 0.429. The Morgan fingerprint density at radius 1 is 1.35 bits per heavy atom. The standard InChI is InChI=1S/C14H12F2N2O2/c15-14(16)7-11(14)20-10-3-1-9(2-4-10)12(19)18-13(8-17)5-6-13/h1-4,11H,5-7H2,(H,18,19). The molecule has 1 amide bonds. The highest BCUT2D eigenvalue weighted by atomic mass is 19.3. The molecule has 1 N–H and O–H groups in total. The Hall–Kier alpha value is -2.16. The van der Waals surface area contributed by atoms with E-state index >= 15 is 0 Å². The van der Waals surface area contributed by atoms with Gasteiger partial charge >= 0.3 is 0 Å². The summed E-state index contributed by atoms with van der Waals surface area (Å²) in [5, 5.41) is 11.6. The molecule has 6 heteroatoms. The third kappa shape index (κ3) is 2.44. The average Bonchev–Trinajstić information content (AvgIpc) is 3.30. The Morgan fingerprint density at radius 2 is 1.95 bits per heavy atom. The normalized spacial score (nSPS) is 24.4. The summed E-state index contributed by atoms with van der Waals surface area (Å²) in [5.74, 6) is -2.77. The zero-order valence-electron chi connectivity index (χ0n) is 10.5. The van der Waals surface area contributed by atoms with Crippen LogP contribution in [0, 0.1) is 11.3 Å². The van der Waals surface area contributed by atoms with Gasteiger partial charge in [0, 0.05) is 5.56 Å². The SMILES string of the molecule is N#CC1(NC(=O)c2ccc(OC3CC3(F)F)cc2)CC1. The first-order chi connectivity index (χ1) is 9.44. The van der Waals surface area contributed by atoms with Crippen molar-refractivity contribution in [2.75, 3.05) is 0 Å². The van der Waals surface area contributed by atoms with Crippen LogP contribution in [0.2, 0.25) is 0 Å².